The van der Waals surface area contributed by atoms with E-state index in [-0.39, 0.29) is 11.8 Å². The Kier molecular flexibility index (Phi) is 6.70. The van der Waals surface area contributed by atoms with Gasteiger partial charge in [-0.25, -0.2) is 8.42 Å². The Balaban J connectivity index is 1.59. The SMILES string of the molecule is Cc1ccc(S(=O)(=O)N2CCC(C(=O)Nc3nnc(CC(C)C)s3)CC2)c(C)c1. The monoisotopic (exact) mass is 436 g/mol. The van der Waals surface area contributed by atoms with E-state index in [1.165, 1.54) is 15.6 Å². The molecule has 2 heterocycles. The molecule has 158 valence electrons. The van der Waals surface area contributed by atoms with Gasteiger partial charge in [0.25, 0.3) is 0 Å². The Hall–Kier alpha value is -1.84. The van der Waals surface area contributed by atoms with Crippen LogP contribution < -0.4 is 5.32 Å². The second-order valence-electron chi connectivity index (χ2n) is 8.04. The van der Waals surface area contributed by atoms with E-state index >= 15 is 0 Å². The van der Waals surface area contributed by atoms with Crippen molar-refractivity contribution in [2.45, 2.75) is 51.9 Å². The van der Waals surface area contributed by atoms with Gasteiger partial charge in [-0.1, -0.05) is 42.9 Å². The van der Waals surface area contributed by atoms with Crippen molar-refractivity contribution in [3.8, 4) is 0 Å². The van der Waals surface area contributed by atoms with Crippen LogP contribution in [0.15, 0.2) is 23.1 Å². The number of carbonyl (C=O) groups excluding carboxylic acids is 1. The number of aromatic nitrogens is 2. The highest BCUT2D eigenvalue weighted by Crippen LogP contribution is 2.27. The summed E-state index contributed by atoms with van der Waals surface area (Å²) in [4.78, 5) is 12.9. The predicted molar refractivity (Wildman–Crippen MR) is 114 cm³/mol. The summed E-state index contributed by atoms with van der Waals surface area (Å²) in [7, 11) is -3.54. The normalized spacial score (nSPS) is 16.3. The number of amides is 1. The quantitative estimate of drug-likeness (QED) is 0.749. The molecule has 1 saturated heterocycles. The molecular formula is C20H28N4O3S2. The fourth-order valence-electron chi connectivity index (χ4n) is 3.53. The largest absolute Gasteiger partial charge is 0.300 e. The van der Waals surface area contributed by atoms with Crippen LogP contribution in [0, 0.1) is 25.7 Å². The number of nitrogens with one attached hydrogen (secondary N) is 1. The number of aryl methyl sites for hydroxylation is 2. The Morgan fingerprint density at radius 1 is 1.24 bits per heavy atom. The molecule has 0 atom stereocenters. The summed E-state index contributed by atoms with van der Waals surface area (Å²) in [5.74, 6) is 0.147. The molecule has 1 fully saturated rings. The zero-order chi connectivity index (χ0) is 21.2. The molecule has 1 amide bonds. The number of sulfonamides is 1. The third-order valence-electron chi connectivity index (χ3n) is 5.05. The summed E-state index contributed by atoms with van der Waals surface area (Å²) >= 11 is 1.40. The summed E-state index contributed by atoms with van der Waals surface area (Å²) in [6.45, 7) is 8.65. The lowest BCUT2D eigenvalue weighted by Gasteiger charge is -2.30. The summed E-state index contributed by atoms with van der Waals surface area (Å²) in [6.07, 6.45) is 1.82. The van der Waals surface area contributed by atoms with Gasteiger partial charge >= 0.3 is 0 Å². The second-order valence-corrected chi connectivity index (χ2v) is 11.0. The minimum atomic E-state index is -3.54. The van der Waals surface area contributed by atoms with Crippen LogP contribution in [0.25, 0.3) is 0 Å². The van der Waals surface area contributed by atoms with Gasteiger partial charge in [0.05, 0.1) is 4.90 Å². The minimum absolute atomic E-state index is 0.110. The Morgan fingerprint density at radius 3 is 2.55 bits per heavy atom. The van der Waals surface area contributed by atoms with E-state index in [4.69, 9.17) is 0 Å². The van der Waals surface area contributed by atoms with Gasteiger partial charge < -0.3 is 5.32 Å². The molecule has 7 nitrogen and oxygen atoms in total. The number of carbonyl (C=O) groups is 1. The predicted octanol–water partition coefficient (Wildman–Crippen LogP) is 3.39. The molecule has 29 heavy (non-hydrogen) atoms. The van der Waals surface area contributed by atoms with Gasteiger partial charge in [0.2, 0.25) is 21.1 Å². The average molecular weight is 437 g/mol. The lowest BCUT2D eigenvalue weighted by molar-refractivity contribution is -0.120. The summed E-state index contributed by atoms with van der Waals surface area (Å²) in [6, 6.07) is 5.36. The van der Waals surface area contributed by atoms with Gasteiger partial charge in [-0.2, -0.15) is 4.31 Å². The Labute approximate surface area is 176 Å². The van der Waals surface area contributed by atoms with E-state index < -0.39 is 10.0 Å². The number of piperidine rings is 1. The van der Waals surface area contributed by atoms with E-state index in [9.17, 15) is 13.2 Å². The highest BCUT2D eigenvalue weighted by molar-refractivity contribution is 7.89. The number of nitrogens with zero attached hydrogens (tertiary/aromatic N) is 3. The number of anilines is 1. The molecule has 2 aromatic rings. The summed E-state index contributed by atoms with van der Waals surface area (Å²) in [5, 5.41) is 12.4. The summed E-state index contributed by atoms with van der Waals surface area (Å²) < 4.78 is 27.5. The standard InChI is InChI=1S/C20H28N4O3S2/c1-13(2)11-18-22-23-20(28-18)21-19(25)16-7-9-24(10-8-16)29(26,27)17-6-5-14(3)12-15(17)4/h5-6,12-13,16H,7-11H2,1-4H3,(H,21,23,25). The van der Waals surface area contributed by atoms with E-state index in [1.54, 1.807) is 6.07 Å². The van der Waals surface area contributed by atoms with Crippen LogP contribution in [0.2, 0.25) is 0 Å². The van der Waals surface area contributed by atoms with Gasteiger partial charge in [0, 0.05) is 25.4 Å². The molecule has 1 N–H and O–H groups in total. The van der Waals surface area contributed by atoms with Crippen LogP contribution in [0.1, 0.15) is 42.8 Å². The smallest absolute Gasteiger partial charge is 0.243 e. The van der Waals surface area contributed by atoms with E-state index in [0.29, 0.717) is 41.9 Å². The second kappa shape index (κ2) is 8.89. The fraction of sp³-hybridized carbons (Fsp3) is 0.550. The third-order valence-corrected chi connectivity index (χ3v) is 7.97. The first-order valence-electron chi connectivity index (χ1n) is 9.87. The highest BCUT2D eigenvalue weighted by atomic mass is 32.2. The van der Waals surface area contributed by atoms with Crippen LogP contribution in [-0.4, -0.2) is 41.9 Å². The molecule has 1 aliphatic rings. The van der Waals surface area contributed by atoms with Crippen molar-refractivity contribution in [2.24, 2.45) is 11.8 Å². The lowest BCUT2D eigenvalue weighted by atomic mass is 9.97. The maximum atomic E-state index is 13.0. The molecular weight excluding hydrogens is 408 g/mol. The van der Waals surface area contributed by atoms with Crippen molar-refractivity contribution in [3.63, 3.8) is 0 Å². The maximum Gasteiger partial charge on any atom is 0.243 e. The van der Waals surface area contributed by atoms with Crippen molar-refractivity contribution >= 4 is 32.4 Å². The molecule has 0 spiro atoms. The number of rotatable bonds is 6. The average Bonchev–Trinajstić information content (AvgIpc) is 3.07. The zero-order valence-corrected chi connectivity index (χ0v) is 18.9. The van der Waals surface area contributed by atoms with Crippen LogP contribution >= 0.6 is 11.3 Å². The van der Waals surface area contributed by atoms with Gasteiger partial charge in [-0.3, -0.25) is 4.79 Å². The van der Waals surface area contributed by atoms with Crippen molar-refractivity contribution in [1.82, 2.24) is 14.5 Å². The third kappa shape index (κ3) is 5.21. The molecule has 0 bridgehead atoms. The first-order chi connectivity index (χ1) is 13.7. The van der Waals surface area contributed by atoms with Gasteiger partial charge in [0.15, 0.2) is 0 Å². The molecule has 0 unspecified atom stereocenters. The van der Waals surface area contributed by atoms with E-state index in [2.05, 4.69) is 29.4 Å². The Morgan fingerprint density at radius 2 is 1.93 bits per heavy atom. The van der Waals surface area contributed by atoms with Crippen LogP contribution in [0.3, 0.4) is 0 Å². The lowest BCUT2D eigenvalue weighted by Crippen LogP contribution is -2.41. The fourth-order valence-corrected chi connectivity index (χ4v) is 6.16. The minimum Gasteiger partial charge on any atom is -0.300 e. The molecule has 1 aliphatic heterocycles. The molecule has 0 saturated carbocycles. The summed E-state index contributed by atoms with van der Waals surface area (Å²) in [5.41, 5.74) is 1.78. The van der Waals surface area contributed by atoms with Crippen molar-refractivity contribution in [3.05, 3.63) is 34.3 Å². The number of benzene rings is 1. The molecule has 9 heteroatoms. The molecule has 1 aromatic carbocycles. The van der Waals surface area contributed by atoms with Crippen LogP contribution in [0.5, 0.6) is 0 Å². The molecule has 3 rings (SSSR count). The zero-order valence-electron chi connectivity index (χ0n) is 17.3. The van der Waals surface area contributed by atoms with Gasteiger partial charge in [0.1, 0.15) is 5.01 Å². The maximum absolute atomic E-state index is 13.0. The number of hydrogen-bond donors (Lipinski definition) is 1. The highest BCUT2D eigenvalue weighted by Gasteiger charge is 2.33. The van der Waals surface area contributed by atoms with Crippen molar-refractivity contribution in [2.75, 3.05) is 18.4 Å². The molecule has 0 radical (unpaired) electrons. The van der Waals surface area contributed by atoms with E-state index in [1.807, 2.05) is 26.0 Å². The first kappa shape index (κ1) is 21.9. The van der Waals surface area contributed by atoms with Gasteiger partial charge in [-0.15, -0.1) is 10.2 Å². The van der Waals surface area contributed by atoms with Crippen LogP contribution in [0.4, 0.5) is 5.13 Å². The van der Waals surface area contributed by atoms with E-state index in [0.717, 1.165) is 22.6 Å². The first-order valence-corrected chi connectivity index (χ1v) is 12.1. The van der Waals surface area contributed by atoms with Crippen LogP contribution in [-0.2, 0) is 21.2 Å². The molecule has 1 aromatic heterocycles. The van der Waals surface area contributed by atoms with Crippen molar-refractivity contribution < 1.29 is 13.2 Å². The number of hydrogen-bond acceptors (Lipinski definition) is 6. The van der Waals surface area contributed by atoms with Crippen molar-refractivity contribution in [1.29, 1.82) is 0 Å². The topological polar surface area (TPSA) is 92.3 Å². The Bertz CT molecular complexity index is 977. The van der Waals surface area contributed by atoms with Gasteiger partial charge in [-0.05, 0) is 44.2 Å². The molecule has 0 aliphatic carbocycles.